The maximum Gasteiger partial charge on any atom is 0.221 e. The molecule has 0 spiro atoms. The molecule has 2 aromatic carbocycles. The van der Waals surface area contributed by atoms with E-state index in [1.165, 1.54) is 10.5 Å². The van der Waals surface area contributed by atoms with E-state index < -0.39 is 0 Å². The summed E-state index contributed by atoms with van der Waals surface area (Å²) >= 11 is 1.71. The number of rotatable bonds is 7. The van der Waals surface area contributed by atoms with E-state index in [1.807, 2.05) is 48.9 Å². The highest BCUT2D eigenvalue weighted by Gasteiger charge is 2.13. The van der Waals surface area contributed by atoms with Crippen molar-refractivity contribution in [1.29, 1.82) is 0 Å². The number of hydrogen-bond donors (Lipinski definition) is 1. The van der Waals surface area contributed by atoms with Gasteiger partial charge >= 0.3 is 0 Å². The summed E-state index contributed by atoms with van der Waals surface area (Å²) in [5.41, 5.74) is 5.38. The highest BCUT2D eigenvalue weighted by atomic mass is 32.2. The van der Waals surface area contributed by atoms with Gasteiger partial charge in [0, 0.05) is 34.9 Å². The summed E-state index contributed by atoms with van der Waals surface area (Å²) in [6.45, 7) is 6.62. The lowest BCUT2D eigenvalue weighted by molar-refractivity contribution is -0.120. The SMILES string of the molecule is Cc1ccc(SCCC(=O)NCc2c(C)nn(-c3ccccc3)c2C)cc1. The Balaban J connectivity index is 1.53. The molecule has 140 valence electrons. The van der Waals surface area contributed by atoms with Gasteiger partial charge in [-0.05, 0) is 45.0 Å². The Labute approximate surface area is 165 Å². The van der Waals surface area contributed by atoms with Crippen molar-refractivity contribution in [3.8, 4) is 5.69 Å². The van der Waals surface area contributed by atoms with Crippen molar-refractivity contribution >= 4 is 17.7 Å². The predicted octanol–water partition coefficient (Wildman–Crippen LogP) is 4.60. The van der Waals surface area contributed by atoms with E-state index in [0.717, 1.165) is 28.4 Å². The number of hydrogen-bond acceptors (Lipinski definition) is 3. The van der Waals surface area contributed by atoms with Crippen molar-refractivity contribution in [2.45, 2.75) is 38.6 Å². The Morgan fingerprint density at radius 1 is 1.04 bits per heavy atom. The quantitative estimate of drug-likeness (QED) is 0.611. The number of aromatic nitrogens is 2. The van der Waals surface area contributed by atoms with E-state index in [2.05, 4.69) is 41.6 Å². The molecule has 0 aliphatic heterocycles. The van der Waals surface area contributed by atoms with E-state index in [9.17, 15) is 4.79 Å². The molecule has 0 saturated heterocycles. The Morgan fingerprint density at radius 2 is 1.74 bits per heavy atom. The minimum atomic E-state index is 0.0703. The van der Waals surface area contributed by atoms with Crippen LogP contribution in [0.5, 0.6) is 0 Å². The highest BCUT2D eigenvalue weighted by molar-refractivity contribution is 7.99. The Bertz CT molecular complexity index is 901. The molecule has 1 heterocycles. The molecule has 0 aliphatic rings. The molecule has 0 saturated carbocycles. The molecule has 0 fully saturated rings. The van der Waals surface area contributed by atoms with Gasteiger partial charge in [-0.25, -0.2) is 4.68 Å². The van der Waals surface area contributed by atoms with Gasteiger partial charge < -0.3 is 5.32 Å². The molecule has 0 radical (unpaired) electrons. The van der Waals surface area contributed by atoms with E-state index in [0.29, 0.717) is 13.0 Å². The van der Waals surface area contributed by atoms with Gasteiger partial charge in [-0.2, -0.15) is 5.10 Å². The van der Waals surface area contributed by atoms with Crippen LogP contribution in [0.4, 0.5) is 0 Å². The van der Waals surface area contributed by atoms with Gasteiger partial charge in [0.15, 0.2) is 0 Å². The first-order valence-corrected chi connectivity index (χ1v) is 10.1. The van der Waals surface area contributed by atoms with Crippen LogP contribution in [-0.4, -0.2) is 21.4 Å². The normalized spacial score (nSPS) is 10.8. The van der Waals surface area contributed by atoms with Crippen molar-refractivity contribution in [3.63, 3.8) is 0 Å². The van der Waals surface area contributed by atoms with Crippen LogP contribution in [0.1, 0.15) is 28.9 Å². The first-order valence-electron chi connectivity index (χ1n) is 9.11. The maximum atomic E-state index is 12.2. The Morgan fingerprint density at radius 3 is 2.44 bits per heavy atom. The summed E-state index contributed by atoms with van der Waals surface area (Å²) in [4.78, 5) is 13.4. The fourth-order valence-electron chi connectivity index (χ4n) is 2.92. The number of thioether (sulfide) groups is 1. The van der Waals surface area contributed by atoms with Crippen LogP contribution in [-0.2, 0) is 11.3 Å². The molecule has 0 unspecified atom stereocenters. The second-order valence-corrected chi connectivity index (χ2v) is 7.75. The third kappa shape index (κ3) is 5.01. The van der Waals surface area contributed by atoms with Crippen molar-refractivity contribution in [1.82, 2.24) is 15.1 Å². The third-order valence-electron chi connectivity index (χ3n) is 4.52. The summed E-state index contributed by atoms with van der Waals surface area (Å²) in [7, 11) is 0. The fraction of sp³-hybridized carbons (Fsp3) is 0.273. The molecule has 0 bridgehead atoms. The molecule has 1 amide bonds. The molecule has 1 aromatic heterocycles. The average Bonchev–Trinajstić information content (AvgIpc) is 2.96. The summed E-state index contributed by atoms with van der Waals surface area (Å²) in [6.07, 6.45) is 0.503. The zero-order chi connectivity index (χ0) is 19.2. The lowest BCUT2D eigenvalue weighted by atomic mass is 10.2. The minimum Gasteiger partial charge on any atom is -0.352 e. The van der Waals surface area contributed by atoms with Crippen LogP contribution in [0.2, 0.25) is 0 Å². The monoisotopic (exact) mass is 379 g/mol. The van der Waals surface area contributed by atoms with Crippen molar-refractivity contribution in [2.24, 2.45) is 0 Å². The van der Waals surface area contributed by atoms with Gasteiger partial charge in [-0.1, -0.05) is 35.9 Å². The summed E-state index contributed by atoms with van der Waals surface area (Å²) in [6, 6.07) is 18.4. The molecule has 5 heteroatoms. The van der Waals surface area contributed by atoms with E-state index in [1.54, 1.807) is 11.8 Å². The molecule has 1 N–H and O–H groups in total. The number of benzene rings is 2. The molecule has 3 aromatic rings. The number of para-hydroxylation sites is 1. The number of nitrogens with zero attached hydrogens (tertiary/aromatic N) is 2. The molecule has 4 nitrogen and oxygen atoms in total. The standard InChI is InChI=1S/C22H25N3OS/c1-16-9-11-20(12-10-16)27-14-13-22(26)23-15-21-17(2)24-25(18(21)3)19-7-5-4-6-8-19/h4-12H,13-15H2,1-3H3,(H,23,26). The van der Waals surface area contributed by atoms with Crippen molar-refractivity contribution in [2.75, 3.05) is 5.75 Å². The number of aryl methyl sites for hydroxylation is 2. The maximum absolute atomic E-state index is 12.2. The van der Waals surface area contributed by atoms with E-state index >= 15 is 0 Å². The van der Waals surface area contributed by atoms with E-state index in [4.69, 9.17) is 0 Å². The van der Waals surface area contributed by atoms with Gasteiger partial charge in [0.05, 0.1) is 11.4 Å². The van der Waals surface area contributed by atoms with Gasteiger partial charge in [0.2, 0.25) is 5.91 Å². The van der Waals surface area contributed by atoms with Gasteiger partial charge in [0.1, 0.15) is 0 Å². The zero-order valence-electron chi connectivity index (χ0n) is 16.0. The van der Waals surface area contributed by atoms with Crippen LogP contribution in [0.25, 0.3) is 5.69 Å². The number of carbonyl (C=O) groups excluding carboxylic acids is 1. The Hall–Kier alpha value is -2.53. The van der Waals surface area contributed by atoms with Crippen LogP contribution >= 0.6 is 11.8 Å². The molecule has 3 rings (SSSR count). The number of nitrogens with one attached hydrogen (secondary N) is 1. The molecule has 0 atom stereocenters. The highest BCUT2D eigenvalue weighted by Crippen LogP contribution is 2.20. The minimum absolute atomic E-state index is 0.0703. The molecular formula is C22H25N3OS. The lowest BCUT2D eigenvalue weighted by Crippen LogP contribution is -2.23. The summed E-state index contributed by atoms with van der Waals surface area (Å²) in [5.74, 6) is 0.844. The van der Waals surface area contributed by atoms with Crippen molar-refractivity contribution in [3.05, 3.63) is 77.1 Å². The van der Waals surface area contributed by atoms with Crippen molar-refractivity contribution < 1.29 is 4.79 Å². The number of amides is 1. The first kappa shape index (κ1) is 19.2. The van der Waals surface area contributed by atoms with Crippen LogP contribution in [0.15, 0.2) is 59.5 Å². The molecule has 0 aliphatic carbocycles. The van der Waals surface area contributed by atoms with Gasteiger partial charge in [-0.15, -0.1) is 11.8 Å². The summed E-state index contributed by atoms with van der Waals surface area (Å²) in [5, 5.41) is 7.66. The predicted molar refractivity (Wildman–Crippen MR) is 111 cm³/mol. The van der Waals surface area contributed by atoms with Gasteiger partial charge in [0.25, 0.3) is 0 Å². The largest absolute Gasteiger partial charge is 0.352 e. The fourth-order valence-corrected chi connectivity index (χ4v) is 3.77. The number of carbonyl (C=O) groups is 1. The van der Waals surface area contributed by atoms with E-state index in [-0.39, 0.29) is 5.91 Å². The second kappa shape index (κ2) is 8.91. The third-order valence-corrected chi connectivity index (χ3v) is 5.54. The van der Waals surface area contributed by atoms with Crippen LogP contribution in [0.3, 0.4) is 0 Å². The van der Waals surface area contributed by atoms with Gasteiger partial charge in [-0.3, -0.25) is 4.79 Å². The zero-order valence-corrected chi connectivity index (χ0v) is 16.8. The summed E-state index contributed by atoms with van der Waals surface area (Å²) < 4.78 is 1.93. The lowest BCUT2D eigenvalue weighted by Gasteiger charge is -2.07. The smallest absolute Gasteiger partial charge is 0.221 e. The van der Waals surface area contributed by atoms with Crippen LogP contribution < -0.4 is 5.32 Å². The topological polar surface area (TPSA) is 46.9 Å². The molecule has 27 heavy (non-hydrogen) atoms. The second-order valence-electron chi connectivity index (χ2n) is 6.58. The Kier molecular flexibility index (Phi) is 6.35. The first-order chi connectivity index (χ1) is 13.0. The average molecular weight is 380 g/mol. The van der Waals surface area contributed by atoms with Crippen LogP contribution in [0, 0.1) is 20.8 Å². The molecular weight excluding hydrogens is 354 g/mol.